The first-order valence-corrected chi connectivity index (χ1v) is 8.82. The van der Waals surface area contributed by atoms with E-state index in [-0.39, 0.29) is 0 Å². The highest BCUT2D eigenvalue weighted by molar-refractivity contribution is 7.80. The van der Waals surface area contributed by atoms with Gasteiger partial charge in [0.05, 0.1) is 0 Å². The first-order valence-electron chi connectivity index (χ1n) is 8.41. The number of anilines is 1. The molecular weight excluding hydrogens is 292 g/mol. The van der Waals surface area contributed by atoms with Crippen LogP contribution in [0.3, 0.4) is 0 Å². The van der Waals surface area contributed by atoms with E-state index in [1.807, 2.05) is 19.1 Å². The van der Waals surface area contributed by atoms with Gasteiger partial charge in [0.15, 0.2) is 5.11 Å². The van der Waals surface area contributed by atoms with Gasteiger partial charge >= 0.3 is 0 Å². The van der Waals surface area contributed by atoms with Gasteiger partial charge in [-0.3, -0.25) is 0 Å². The molecule has 2 N–H and O–H groups in total. The maximum Gasteiger partial charge on any atom is 0.171 e. The van der Waals surface area contributed by atoms with Gasteiger partial charge in [0, 0.05) is 25.3 Å². The number of rotatable bonds is 6. The molecule has 122 valence electrons. The molecular formula is C17H28N4S. The van der Waals surface area contributed by atoms with Crippen molar-refractivity contribution in [1.82, 2.24) is 15.2 Å². The van der Waals surface area contributed by atoms with Crippen LogP contribution in [0.15, 0.2) is 18.3 Å². The molecule has 1 atom stereocenters. The van der Waals surface area contributed by atoms with Gasteiger partial charge in [-0.15, -0.1) is 0 Å². The maximum atomic E-state index is 5.34. The van der Waals surface area contributed by atoms with E-state index in [1.54, 1.807) is 6.20 Å². The summed E-state index contributed by atoms with van der Waals surface area (Å²) in [6.07, 6.45) is 8.28. The monoisotopic (exact) mass is 320 g/mol. The van der Waals surface area contributed by atoms with Crippen LogP contribution in [-0.4, -0.2) is 40.7 Å². The Hall–Kier alpha value is -1.20. The molecule has 1 saturated heterocycles. The Labute approximate surface area is 139 Å². The topological polar surface area (TPSA) is 40.2 Å². The average molecular weight is 321 g/mol. The normalized spacial score (nSPS) is 18.9. The highest BCUT2D eigenvalue weighted by Gasteiger charge is 2.19. The van der Waals surface area contributed by atoms with Crippen molar-refractivity contribution < 1.29 is 0 Å². The Morgan fingerprint density at radius 1 is 1.45 bits per heavy atom. The Morgan fingerprint density at radius 3 is 3.09 bits per heavy atom. The minimum atomic E-state index is 0.660. The summed E-state index contributed by atoms with van der Waals surface area (Å²) in [7, 11) is 0. The lowest BCUT2D eigenvalue weighted by atomic mass is 10.00. The highest BCUT2D eigenvalue weighted by atomic mass is 32.1. The number of piperidine rings is 1. The third kappa shape index (κ3) is 5.21. The molecule has 4 nitrogen and oxygen atoms in total. The lowest BCUT2D eigenvalue weighted by molar-refractivity contribution is 0.143. The predicted octanol–water partition coefficient (Wildman–Crippen LogP) is 3.33. The molecule has 0 radical (unpaired) electrons. The van der Waals surface area contributed by atoms with Crippen molar-refractivity contribution in [2.45, 2.75) is 52.0 Å². The lowest BCUT2D eigenvalue weighted by Gasteiger charge is -2.35. The molecule has 1 unspecified atom stereocenters. The molecule has 0 saturated carbocycles. The van der Waals surface area contributed by atoms with Crippen LogP contribution in [0.1, 0.15) is 44.6 Å². The number of hydrogen-bond acceptors (Lipinski definition) is 3. The summed E-state index contributed by atoms with van der Waals surface area (Å²) in [5.74, 6) is 0.835. The van der Waals surface area contributed by atoms with Gasteiger partial charge in [-0.25, -0.2) is 4.98 Å². The maximum absolute atomic E-state index is 5.34. The zero-order valence-corrected chi connectivity index (χ0v) is 14.6. The van der Waals surface area contributed by atoms with E-state index in [1.165, 1.54) is 32.2 Å². The molecule has 0 bridgehead atoms. The number of aryl methyl sites for hydroxylation is 1. The van der Waals surface area contributed by atoms with Gasteiger partial charge in [0.1, 0.15) is 5.82 Å². The van der Waals surface area contributed by atoms with Gasteiger partial charge in [-0.2, -0.15) is 0 Å². The second-order valence-electron chi connectivity index (χ2n) is 6.00. The molecule has 2 rings (SSSR count). The fraction of sp³-hybridized carbons (Fsp3) is 0.647. The summed E-state index contributed by atoms with van der Waals surface area (Å²) in [6, 6.07) is 4.74. The molecule has 2 heterocycles. The van der Waals surface area contributed by atoms with Crippen LogP contribution >= 0.6 is 12.2 Å². The number of aromatic nitrogens is 1. The molecule has 0 amide bonds. The van der Waals surface area contributed by atoms with Gasteiger partial charge in [-0.05, 0) is 63.0 Å². The van der Waals surface area contributed by atoms with Crippen LogP contribution in [0.4, 0.5) is 5.82 Å². The van der Waals surface area contributed by atoms with Gasteiger partial charge in [0.25, 0.3) is 0 Å². The van der Waals surface area contributed by atoms with Gasteiger partial charge in [0.2, 0.25) is 0 Å². The van der Waals surface area contributed by atoms with Crippen molar-refractivity contribution in [3.8, 4) is 0 Å². The summed E-state index contributed by atoms with van der Waals surface area (Å²) < 4.78 is 0. The molecule has 5 heteroatoms. The quantitative estimate of drug-likeness (QED) is 0.621. The first kappa shape index (κ1) is 17.2. The molecule has 1 aromatic heterocycles. The minimum absolute atomic E-state index is 0.660. The first-order chi connectivity index (χ1) is 10.7. The van der Waals surface area contributed by atoms with Gasteiger partial charge in [-0.1, -0.05) is 19.4 Å². The smallest absolute Gasteiger partial charge is 0.171 e. The Kier molecular flexibility index (Phi) is 7.06. The molecule has 1 aliphatic rings. The number of nitrogens with one attached hydrogen (secondary N) is 2. The predicted molar refractivity (Wildman–Crippen MR) is 97.3 cm³/mol. The van der Waals surface area contributed by atoms with Gasteiger partial charge < -0.3 is 15.5 Å². The van der Waals surface area contributed by atoms with Crippen LogP contribution < -0.4 is 10.6 Å². The number of thiocarbonyl (C=S) groups is 1. The second-order valence-corrected chi connectivity index (χ2v) is 6.41. The van der Waals surface area contributed by atoms with Crippen molar-refractivity contribution in [2.75, 3.05) is 25.0 Å². The molecule has 0 spiro atoms. The van der Waals surface area contributed by atoms with E-state index < -0.39 is 0 Å². The molecule has 1 fully saturated rings. The fourth-order valence-corrected chi connectivity index (χ4v) is 3.27. The SMILES string of the molecule is CCC1CCCCN1CCCNC(=S)Nc1ncccc1C. The molecule has 0 aromatic carbocycles. The second kappa shape index (κ2) is 9.06. The van der Waals surface area contributed by atoms with Crippen molar-refractivity contribution in [3.05, 3.63) is 23.9 Å². The largest absolute Gasteiger partial charge is 0.362 e. The lowest BCUT2D eigenvalue weighted by Crippen LogP contribution is -2.41. The van der Waals surface area contributed by atoms with E-state index >= 15 is 0 Å². The zero-order chi connectivity index (χ0) is 15.8. The van der Waals surface area contributed by atoms with E-state index in [4.69, 9.17) is 12.2 Å². The van der Waals surface area contributed by atoms with Crippen molar-refractivity contribution in [1.29, 1.82) is 0 Å². The highest BCUT2D eigenvalue weighted by Crippen LogP contribution is 2.19. The number of nitrogens with zero attached hydrogens (tertiary/aromatic N) is 2. The van der Waals surface area contributed by atoms with Crippen LogP contribution in [0.25, 0.3) is 0 Å². The van der Waals surface area contributed by atoms with Crippen molar-refractivity contribution >= 4 is 23.1 Å². The Morgan fingerprint density at radius 2 is 2.32 bits per heavy atom. The van der Waals surface area contributed by atoms with E-state index in [9.17, 15) is 0 Å². The Balaban J connectivity index is 1.66. The summed E-state index contributed by atoms with van der Waals surface area (Å²) in [6.45, 7) is 7.66. The van der Waals surface area contributed by atoms with Crippen molar-refractivity contribution in [3.63, 3.8) is 0 Å². The van der Waals surface area contributed by atoms with E-state index in [2.05, 4.69) is 27.4 Å². The van der Waals surface area contributed by atoms with Crippen molar-refractivity contribution in [2.24, 2.45) is 0 Å². The molecule has 1 aliphatic heterocycles. The van der Waals surface area contributed by atoms with Crippen LogP contribution in [0.5, 0.6) is 0 Å². The molecule has 22 heavy (non-hydrogen) atoms. The number of likely N-dealkylation sites (tertiary alicyclic amines) is 1. The Bertz CT molecular complexity index is 477. The summed E-state index contributed by atoms with van der Waals surface area (Å²) in [4.78, 5) is 6.94. The van der Waals surface area contributed by atoms with E-state index in [0.717, 1.165) is 36.9 Å². The zero-order valence-electron chi connectivity index (χ0n) is 13.8. The number of hydrogen-bond donors (Lipinski definition) is 2. The third-order valence-electron chi connectivity index (χ3n) is 4.37. The molecule has 1 aromatic rings. The average Bonchev–Trinajstić information content (AvgIpc) is 2.54. The van der Waals surface area contributed by atoms with E-state index in [0.29, 0.717) is 5.11 Å². The fourth-order valence-electron chi connectivity index (χ4n) is 3.07. The summed E-state index contributed by atoms with van der Waals surface area (Å²) in [5.41, 5.74) is 1.10. The van der Waals surface area contributed by atoms with Crippen LogP contribution in [0, 0.1) is 6.92 Å². The minimum Gasteiger partial charge on any atom is -0.362 e. The van der Waals surface area contributed by atoms with Crippen LogP contribution in [-0.2, 0) is 0 Å². The van der Waals surface area contributed by atoms with Crippen LogP contribution in [0.2, 0.25) is 0 Å². The standard InChI is InChI=1S/C17H28N4S/c1-3-15-9-4-5-12-21(15)13-7-11-19-17(22)20-16-14(2)8-6-10-18-16/h6,8,10,15H,3-5,7,9,11-13H2,1-2H3,(H2,18,19,20,22). The number of pyridine rings is 1. The third-order valence-corrected chi connectivity index (χ3v) is 4.62. The molecule has 0 aliphatic carbocycles. The summed E-state index contributed by atoms with van der Waals surface area (Å²) >= 11 is 5.34. The summed E-state index contributed by atoms with van der Waals surface area (Å²) in [5, 5.41) is 7.11.